The monoisotopic (exact) mass is 352 g/mol. The SMILES string of the molecule is O=C(O)CN(C(=O)CNc1ccc(Cl)cc1)c1ccc(Cl)cc1. The van der Waals surface area contributed by atoms with E-state index in [9.17, 15) is 9.59 Å². The van der Waals surface area contributed by atoms with Crippen LogP contribution in [-0.4, -0.2) is 30.1 Å². The van der Waals surface area contributed by atoms with Crippen LogP contribution in [0.1, 0.15) is 0 Å². The maximum absolute atomic E-state index is 12.3. The molecule has 7 heteroatoms. The zero-order valence-electron chi connectivity index (χ0n) is 12.0. The lowest BCUT2D eigenvalue weighted by atomic mass is 10.2. The van der Waals surface area contributed by atoms with Crippen molar-refractivity contribution in [1.29, 1.82) is 0 Å². The summed E-state index contributed by atoms with van der Waals surface area (Å²) < 4.78 is 0. The lowest BCUT2D eigenvalue weighted by Crippen LogP contribution is -2.39. The molecule has 0 aliphatic heterocycles. The van der Waals surface area contributed by atoms with E-state index in [0.717, 1.165) is 0 Å². The van der Waals surface area contributed by atoms with Crippen molar-refractivity contribution in [2.45, 2.75) is 0 Å². The van der Waals surface area contributed by atoms with Crippen molar-refractivity contribution in [2.24, 2.45) is 0 Å². The molecule has 0 aromatic heterocycles. The van der Waals surface area contributed by atoms with E-state index in [1.807, 2.05) is 0 Å². The Kier molecular flexibility index (Phi) is 5.84. The summed E-state index contributed by atoms with van der Waals surface area (Å²) in [5.74, 6) is -1.47. The molecule has 2 N–H and O–H groups in total. The fourth-order valence-corrected chi connectivity index (χ4v) is 2.17. The maximum Gasteiger partial charge on any atom is 0.323 e. The minimum Gasteiger partial charge on any atom is -0.480 e. The number of carboxylic acids is 1. The molecule has 0 bridgehead atoms. The number of halogens is 2. The number of rotatable bonds is 6. The molecular weight excluding hydrogens is 339 g/mol. The van der Waals surface area contributed by atoms with Gasteiger partial charge in [-0.25, -0.2) is 0 Å². The molecule has 2 rings (SSSR count). The second kappa shape index (κ2) is 7.85. The number of amides is 1. The van der Waals surface area contributed by atoms with E-state index in [1.165, 1.54) is 4.90 Å². The van der Waals surface area contributed by atoms with Gasteiger partial charge in [-0.1, -0.05) is 23.2 Å². The Balaban J connectivity index is 2.08. The van der Waals surface area contributed by atoms with Crippen LogP contribution in [0.4, 0.5) is 11.4 Å². The van der Waals surface area contributed by atoms with Crippen LogP contribution < -0.4 is 10.2 Å². The second-order valence-electron chi connectivity index (χ2n) is 4.71. The Bertz CT molecular complexity index is 687. The molecule has 0 fully saturated rings. The van der Waals surface area contributed by atoms with Gasteiger partial charge in [-0.05, 0) is 48.5 Å². The van der Waals surface area contributed by atoms with E-state index in [2.05, 4.69) is 5.32 Å². The van der Waals surface area contributed by atoms with Gasteiger partial charge in [0.1, 0.15) is 6.54 Å². The van der Waals surface area contributed by atoms with Crippen molar-refractivity contribution in [1.82, 2.24) is 0 Å². The van der Waals surface area contributed by atoms with Gasteiger partial charge in [0.25, 0.3) is 0 Å². The van der Waals surface area contributed by atoms with Gasteiger partial charge in [-0.15, -0.1) is 0 Å². The molecule has 0 radical (unpaired) electrons. The lowest BCUT2D eigenvalue weighted by Gasteiger charge is -2.21. The minimum atomic E-state index is -1.10. The van der Waals surface area contributed by atoms with E-state index in [4.69, 9.17) is 28.3 Å². The third kappa shape index (κ3) is 5.16. The Hall–Kier alpha value is -2.24. The number of hydrogen-bond donors (Lipinski definition) is 2. The van der Waals surface area contributed by atoms with Crippen molar-refractivity contribution in [3.63, 3.8) is 0 Å². The Morgan fingerprint density at radius 2 is 1.48 bits per heavy atom. The smallest absolute Gasteiger partial charge is 0.323 e. The molecule has 0 heterocycles. The first-order valence-electron chi connectivity index (χ1n) is 6.73. The van der Waals surface area contributed by atoms with E-state index in [1.54, 1.807) is 48.5 Å². The summed E-state index contributed by atoms with van der Waals surface area (Å²) in [4.78, 5) is 24.5. The van der Waals surface area contributed by atoms with E-state index in [-0.39, 0.29) is 12.5 Å². The molecule has 23 heavy (non-hydrogen) atoms. The molecule has 2 aromatic carbocycles. The summed E-state index contributed by atoms with van der Waals surface area (Å²) in [5, 5.41) is 13.1. The number of aliphatic carboxylic acids is 1. The van der Waals surface area contributed by atoms with Crippen LogP contribution in [-0.2, 0) is 9.59 Å². The Morgan fingerprint density at radius 3 is 2.00 bits per heavy atom. The zero-order chi connectivity index (χ0) is 16.8. The number of carboxylic acid groups (broad SMARTS) is 1. The number of nitrogens with zero attached hydrogens (tertiary/aromatic N) is 1. The van der Waals surface area contributed by atoms with Gasteiger partial charge in [0.2, 0.25) is 5.91 Å². The lowest BCUT2D eigenvalue weighted by molar-refractivity contribution is -0.136. The number of benzene rings is 2. The highest BCUT2D eigenvalue weighted by molar-refractivity contribution is 6.31. The van der Waals surface area contributed by atoms with Gasteiger partial charge in [0.15, 0.2) is 0 Å². The van der Waals surface area contributed by atoms with Crippen LogP contribution in [0.15, 0.2) is 48.5 Å². The van der Waals surface area contributed by atoms with Crippen molar-refractivity contribution < 1.29 is 14.7 Å². The Labute approximate surface area is 143 Å². The summed E-state index contributed by atoms with van der Waals surface area (Å²) in [6.07, 6.45) is 0. The third-order valence-electron chi connectivity index (χ3n) is 3.02. The molecule has 0 unspecified atom stereocenters. The molecule has 0 saturated carbocycles. The second-order valence-corrected chi connectivity index (χ2v) is 5.58. The molecule has 5 nitrogen and oxygen atoms in total. The first-order chi connectivity index (χ1) is 11.0. The number of hydrogen-bond acceptors (Lipinski definition) is 3. The molecule has 0 aliphatic rings. The van der Waals surface area contributed by atoms with Gasteiger partial charge in [0, 0.05) is 21.4 Å². The first kappa shape index (κ1) is 17.1. The van der Waals surface area contributed by atoms with Crippen LogP contribution in [0, 0.1) is 0 Å². The van der Waals surface area contributed by atoms with Crippen molar-refractivity contribution in [3.8, 4) is 0 Å². The molecule has 0 saturated heterocycles. The van der Waals surface area contributed by atoms with Gasteiger partial charge in [-0.2, -0.15) is 0 Å². The molecule has 0 aliphatic carbocycles. The molecule has 0 spiro atoms. The summed E-state index contributed by atoms with van der Waals surface area (Å²) in [5.41, 5.74) is 1.19. The minimum absolute atomic E-state index is 0.0441. The van der Waals surface area contributed by atoms with Gasteiger partial charge in [-0.3, -0.25) is 14.5 Å². The van der Waals surface area contributed by atoms with Gasteiger partial charge in [0.05, 0.1) is 6.54 Å². The van der Waals surface area contributed by atoms with Gasteiger partial charge >= 0.3 is 5.97 Å². The Morgan fingerprint density at radius 1 is 0.957 bits per heavy atom. The highest BCUT2D eigenvalue weighted by atomic mass is 35.5. The molecule has 2 aromatic rings. The maximum atomic E-state index is 12.3. The largest absolute Gasteiger partial charge is 0.480 e. The highest BCUT2D eigenvalue weighted by Gasteiger charge is 2.18. The summed E-state index contributed by atoms with van der Waals surface area (Å²) >= 11 is 11.6. The zero-order valence-corrected chi connectivity index (χ0v) is 13.5. The number of carbonyl (C=O) groups excluding carboxylic acids is 1. The third-order valence-corrected chi connectivity index (χ3v) is 3.52. The van der Waals surface area contributed by atoms with Crippen molar-refractivity contribution in [3.05, 3.63) is 58.6 Å². The number of carbonyl (C=O) groups is 2. The molecular formula is C16H14Cl2N2O3. The summed E-state index contributed by atoms with van der Waals surface area (Å²) in [6, 6.07) is 13.3. The van der Waals surface area contributed by atoms with Crippen molar-refractivity contribution >= 4 is 46.5 Å². The van der Waals surface area contributed by atoms with E-state index in [0.29, 0.717) is 21.4 Å². The number of anilines is 2. The normalized spacial score (nSPS) is 10.2. The quantitative estimate of drug-likeness (QED) is 0.834. The fourth-order valence-electron chi connectivity index (χ4n) is 1.92. The predicted octanol–water partition coefficient (Wildman–Crippen LogP) is 3.52. The van der Waals surface area contributed by atoms with Crippen molar-refractivity contribution in [2.75, 3.05) is 23.3 Å². The van der Waals surface area contributed by atoms with Gasteiger partial charge < -0.3 is 10.4 Å². The molecule has 0 atom stereocenters. The van der Waals surface area contributed by atoms with Crippen LogP contribution in [0.2, 0.25) is 10.0 Å². The average Bonchev–Trinajstić information content (AvgIpc) is 2.52. The molecule has 120 valence electrons. The first-order valence-corrected chi connectivity index (χ1v) is 7.48. The van der Waals surface area contributed by atoms with Crippen LogP contribution >= 0.6 is 23.2 Å². The highest BCUT2D eigenvalue weighted by Crippen LogP contribution is 2.19. The van der Waals surface area contributed by atoms with E-state index < -0.39 is 12.5 Å². The van der Waals surface area contributed by atoms with Crippen LogP contribution in [0.3, 0.4) is 0 Å². The summed E-state index contributed by atoms with van der Waals surface area (Å²) in [6.45, 7) is -0.472. The number of nitrogens with one attached hydrogen (secondary N) is 1. The predicted molar refractivity (Wildman–Crippen MR) is 91.4 cm³/mol. The van der Waals surface area contributed by atoms with E-state index >= 15 is 0 Å². The molecule has 1 amide bonds. The van der Waals surface area contributed by atoms with Crippen LogP contribution in [0.5, 0.6) is 0 Å². The average molecular weight is 353 g/mol. The fraction of sp³-hybridized carbons (Fsp3) is 0.125. The standard InChI is InChI=1S/C16H14Cl2N2O3/c17-11-1-5-13(6-2-11)19-9-15(21)20(10-16(22)23)14-7-3-12(18)4-8-14/h1-8,19H,9-10H2,(H,22,23). The van der Waals surface area contributed by atoms with Crippen LogP contribution in [0.25, 0.3) is 0 Å². The topological polar surface area (TPSA) is 69.6 Å². The summed E-state index contributed by atoms with van der Waals surface area (Å²) in [7, 11) is 0.